The molecule has 6 nitrogen and oxygen atoms in total. The first-order valence-electron chi connectivity index (χ1n) is 7.95. The van der Waals surface area contributed by atoms with Crippen molar-refractivity contribution in [3.8, 4) is 0 Å². The molecule has 2 amide bonds. The summed E-state index contributed by atoms with van der Waals surface area (Å²) >= 11 is 3.42. The Kier molecular flexibility index (Phi) is 7.35. The lowest BCUT2D eigenvalue weighted by Crippen LogP contribution is -2.47. The molecule has 0 spiro atoms. The van der Waals surface area contributed by atoms with Gasteiger partial charge >= 0.3 is 5.97 Å². The van der Waals surface area contributed by atoms with Crippen molar-refractivity contribution >= 4 is 33.7 Å². The number of hydrogen-bond donors (Lipinski definition) is 2. The van der Waals surface area contributed by atoms with Crippen molar-refractivity contribution in [1.82, 2.24) is 10.6 Å². The van der Waals surface area contributed by atoms with Gasteiger partial charge in [-0.05, 0) is 23.8 Å². The number of ether oxygens (including phenoxy) is 1. The molecule has 26 heavy (non-hydrogen) atoms. The van der Waals surface area contributed by atoms with E-state index in [1.165, 1.54) is 7.11 Å². The molecule has 2 aromatic rings. The Bertz CT molecular complexity index is 780. The summed E-state index contributed by atoms with van der Waals surface area (Å²) in [6.07, 6.45) is 0.270. The molecule has 2 aromatic carbocycles. The third-order valence-corrected chi connectivity index (χ3v) is 4.42. The summed E-state index contributed by atoms with van der Waals surface area (Å²) in [5, 5.41) is 5.13. The Morgan fingerprint density at radius 3 is 2.35 bits per heavy atom. The molecular formula is C19H19BrN2O4. The van der Waals surface area contributed by atoms with E-state index in [4.69, 9.17) is 4.74 Å². The molecule has 0 radical (unpaired) electrons. The highest BCUT2D eigenvalue weighted by molar-refractivity contribution is 9.10. The van der Waals surface area contributed by atoms with E-state index in [9.17, 15) is 14.4 Å². The van der Waals surface area contributed by atoms with Gasteiger partial charge in [0.2, 0.25) is 5.91 Å². The molecule has 0 aliphatic rings. The van der Waals surface area contributed by atoms with E-state index in [-0.39, 0.29) is 18.9 Å². The highest BCUT2D eigenvalue weighted by Crippen LogP contribution is 2.17. The first kappa shape index (κ1) is 19.7. The van der Waals surface area contributed by atoms with Gasteiger partial charge in [-0.25, -0.2) is 4.79 Å². The zero-order valence-corrected chi connectivity index (χ0v) is 15.8. The molecule has 0 heterocycles. The summed E-state index contributed by atoms with van der Waals surface area (Å²) in [6.45, 7) is -0.239. The summed E-state index contributed by atoms with van der Waals surface area (Å²) in [4.78, 5) is 36.1. The Morgan fingerprint density at radius 2 is 1.69 bits per heavy atom. The molecule has 1 atom stereocenters. The van der Waals surface area contributed by atoms with Crippen molar-refractivity contribution in [3.05, 3.63) is 70.2 Å². The van der Waals surface area contributed by atoms with Crippen LogP contribution in [-0.4, -0.2) is 37.5 Å². The Labute approximate surface area is 160 Å². The van der Waals surface area contributed by atoms with Gasteiger partial charge in [-0.3, -0.25) is 9.59 Å². The van der Waals surface area contributed by atoms with E-state index in [0.717, 1.165) is 10.0 Å². The smallest absolute Gasteiger partial charge is 0.328 e. The minimum atomic E-state index is -0.847. The zero-order chi connectivity index (χ0) is 18.9. The van der Waals surface area contributed by atoms with Crippen molar-refractivity contribution in [2.24, 2.45) is 0 Å². The van der Waals surface area contributed by atoms with Crippen molar-refractivity contribution in [3.63, 3.8) is 0 Å². The van der Waals surface area contributed by atoms with Gasteiger partial charge in [0, 0.05) is 16.5 Å². The number of carbonyl (C=O) groups is 3. The maximum absolute atomic E-state index is 12.1. The van der Waals surface area contributed by atoms with Crippen molar-refractivity contribution in [1.29, 1.82) is 0 Å². The lowest BCUT2D eigenvalue weighted by atomic mass is 10.1. The van der Waals surface area contributed by atoms with E-state index < -0.39 is 17.9 Å². The normalized spacial score (nSPS) is 11.3. The fraction of sp³-hybridized carbons (Fsp3) is 0.211. The van der Waals surface area contributed by atoms with Gasteiger partial charge in [0.15, 0.2) is 0 Å². The van der Waals surface area contributed by atoms with E-state index in [2.05, 4.69) is 26.6 Å². The molecule has 0 aliphatic carbocycles. The Balaban J connectivity index is 1.95. The van der Waals surface area contributed by atoms with E-state index in [0.29, 0.717) is 5.56 Å². The van der Waals surface area contributed by atoms with E-state index in [1.807, 2.05) is 24.3 Å². The Hall–Kier alpha value is -2.67. The Morgan fingerprint density at radius 1 is 1.04 bits per heavy atom. The lowest BCUT2D eigenvalue weighted by Gasteiger charge is -2.17. The summed E-state index contributed by atoms with van der Waals surface area (Å²) < 4.78 is 5.60. The molecule has 136 valence electrons. The van der Waals surface area contributed by atoms with Crippen LogP contribution < -0.4 is 10.6 Å². The number of amides is 2. The maximum atomic E-state index is 12.1. The van der Waals surface area contributed by atoms with Crippen molar-refractivity contribution in [2.75, 3.05) is 13.7 Å². The van der Waals surface area contributed by atoms with E-state index in [1.54, 1.807) is 30.3 Å². The number of nitrogens with one attached hydrogen (secondary N) is 2. The number of benzene rings is 2. The van der Waals surface area contributed by atoms with Gasteiger partial charge in [-0.1, -0.05) is 52.3 Å². The van der Waals surface area contributed by atoms with Crippen LogP contribution in [0.1, 0.15) is 15.9 Å². The van der Waals surface area contributed by atoms with Gasteiger partial charge < -0.3 is 15.4 Å². The lowest BCUT2D eigenvalue weighted by molar-refractivity contribution is -0.144. The molecule has 0 unspecified atom stereocenters. The second kappa shape index (κ2) is 9.72. The predicted molar refractivity (Wildman–Crippen MR) is 101 cm³/mol. The van der Waals surface area contributed by atoms with Crippen LogP contribution >= 0.6 is 15.9 Å². The van der Waals surface area contributed by atoms with Gasteiger partial charge in [-0.2, -0.15) is 0 Å². The molecule has 2 rings (SSSR count). The summed E-state index contributed by atoms with van der Waals surface area (Å²) in [5.74, 6) is -1.39. The molecule has 0 saturated heterocycles. The van der Waals surface area contributed by atoms with Gasteiger partial charge in [0.1, 0.15) is 6.04 Å². The van der Waals surface area contributed by atoms with Gasteiger partial charge in [0.25, 0.3) is 5.91 Å². The van der Waals surface area contributed by atoms with Crippen LogP contribution in [0.4, 0.5) is 0 Å². The number of halogens is 1. The average molecular weight is 419 g/mol. The molecule has 0 fully saturated rings. The number of methoxy groups -OCH3 is 1. The highest BCUT2D eigenvalue weighted by Gasteiger charge is 2.23. The van der Waals surface area contributed by atoms with Crippen molar-refractivity contribution < 1.29 is 19.1 Å². The first-order valence-corrected chi connectivity index (χ1v) is 8.74. The fourth-order valence-electron chi connectivity index (χ4n) is 2.32. The second-order valence-electron chi connectivity index (χ2n) is 5.49. The topological polar surface area (TPSA) is 84.5 Å². The molecule has 7 heteroatoms. The number of rotatable bonds is 7. The minimum Gasteiger partial charge on any atom is -0.467 e. The van der Waals surface area contributed by atoms with Crippen LogP contribution in [0.3, 0.4) is 0 Å². The fourth-order valence-corrected chi connectivity index (χ4v) is 2.76. The number of carbonyl (C=O) groups excluding carboxylic acids is 3. The van der Waals surface area contributed by atoms with Crippen LogP contribution in [0, 0.1) is 0 Å². The van der Waals surface area contributed by atoms with Crippen LogP contribution in [0.5, 0.6) is 0 Å². The minimum absolute atomic E-state index is 0.239. The third kappa shape index (κ3) is 5.70. The largest absolute Gasteiger partial charge is 0.467 e. The third-order valence-electron chi connectivity index (χ3n) is 3.65. The summed E-state index contributed by atoms with van der Waals surface area (Å²) in [6, 6.07) is 15.1. The number of hydrogen-bond acceptors (Lipinski definition) is 4. The summed E-state index contributed by atoms with van der Waals surface area (Å²) in [7, 11) is 1.26. The number of esters is 1. The summed E-state index contributed by atoms with van der Waals surface area (Å²) in [5.41, 5.74) is 1.31. The first-order chi connectivity index (χ1) is 12.5. The van der Waals surface area contributed by atoms with Crippen LogP contribution in [-0.2, 0) is 20.7 Å². The van der Waals surface area contributed by atoms with Crippen molar-refractivity contribution in [2.45, 2.75) is 12.5 Å². The quantitative estimate of drug-likeness (QED) is 0.674. The molecule has 0 aromatic heterocycles. The van der Waals surface area contributed by atoms with Crippen LogP contribution in [0.25, 0.3) is 0 Å². The van der Waals surface area contributed by atoms with Crippen LogP contribution in [0.15, 0.2) is 59.1 Å². The van der Waals surface area contributed by atoms with Gasteiger partial charge in [0.05, 0.1) is 13.7 Å². The van der Waals surface area contributed by atoms with Gasteiger partial charge in [-0.15, -0.1) is 0 Å². The molecule has 0 saturated carbocycles. The average Bonchev–Trinajstić information content (AvgIpc) is 2.67. The molecule has 0 aliphatic heterocycles. The molecule has 2 N–H and O–H groups in total. The monoisotopic (exact) mass is 418 g/mol. The molecule has 0 bridgehead atoms. The molecular weight excluding hydrogens is 400 g/mol. The standard InChI is InChI=1S/C19H19BrN2O4/c1-26-19(25)16(11-14-9-5-6-10-15(14)20)22-17(23)12-21-18(24)13-7-3-2-4-8-13/h2-10,16H,11-12H2,1H3,(H,21,24)(H,22,23)/t16-/m0/s1. The SMILES string of the molecule is COC(=O)[C@H](Cc1ccccc1Br)NC(=O)CNC(=O)c1ccccc1. The highest BCUT2D eigenvalue weighted by atomic mass is 79.9. The van der Waals surface area contributed by atoms with Crippen LogP contribution in [0.2, 0.25) is 0 Å². The maximum Gasteiger partial charge on any atom is 0.328 e. The second-order valence-corrected chi connectivity index (χ2v) is 6.34. The zero-order valence-electron chi connectivity index (χ0n) is 14.2. The van der Waals surface area contributed by atoms with E-state index >= 15 is 0 Å². The predicted octanol–water partition coefficient (Wildman–Crippen LogP) is 2.08.